The van der Waals surface area contributed by atoms with Crippen LogP contribution in [0.15, 0.2) is 53.8 Å². The van der Waals surface area contributed by atoms with Crippen molar-refractivity contribution in [2.45, 2.75) is 50.1 Å². The fourth-order valence-corrected chi connectivity index (χ4v) is 5.20. The number of nitrogens with zero attached hydrogens (tertiary/aromatic N) is 5. The minimum Gasteiger partial charge on any atom is -0.356 e. The van der Waals surface area contributed by atoms with E-state index in [1.165, 1.54) is 12.8 Å². The number of hydrogen-bond acceptors (Lipinski definition) is 6. The maximum Gasteiger partial charge on any atom is 0.224 e. The number of nitrogens with one attached hydrogen (secondary N) is 1. The molecule has 1 N–H and O–H groups in total. The molecule has 0 atom stereocenters. The molecule has 1 fully saturated rings. The van der Waals surface area contributed by atoms with Crippen LogP contribution in [0.1, 0.15) is 32.3 Å². The van der Waals surface area contributed by atoms with Crippen molar-refractivity contribution in [2.24, 2.45) is 0 Å². The highest BCUT2D eigenvalue weighted by Gasteiger charge is 2.21. The van der Waals surface area contributed by atoms with Gasteiger partial charge in [-0.2, -0.15) is 5.10 Å². The molecule has 1 amide bonds. The van der Waals surface area contributed by atoms with E-state index in [1.54, 1.807) is 11.8 Å². The van der Waals surface area contributed by atoms with Crippen molar-refractivity contribution in [2.75, 3.05) is 24.5 Å². The van der Waals surface area contributed by atoms with Gasteiger partial charge in [0, 0.05) is 24.9 Å². The van der Waals surface area contributed by atoms with E-state index in [2.05, 4.69) is 47.4 Å². The summed E-state index contributed by atoms with van der Waals surface area (Å²) in [5.41, 5.74) is 1.88. The Hall–Kier alpha value is -3.13. The minimum absolute atomic E-state index is 0.0104. The summed E-state index contributed by atoms with van der Waals surface area (Å²) in [6.07, 6.45) is 4.60. The lowest BCUT2D eigenvalue weighted by atomic mass is 10.0. The summed E-state index contributed by atoms with van der Waals surface area (Å²) in [7, 11) is 0. The maximum absolute atomic E-state index is 12.7. The van der Waals surface area contributed by atoms with Crippen LogP contribution in [0.3, 0.4) is 0 Å². The SMILES string of the molecule is CC(C)Sc1nc(N2CCCC2)c2cnn(CCNC(=O)Cc3cccc4ccccc34)c2n1. The van der Waals surface area contributed by atoms with Crippen molar-refractivity contribution in [3.8, 4) is 0 Å². The molecule has 1 aliphatic rings. The predicted molar refractivity (Wildman–Crippen MR) is 138 cm³/mol. The summed E-state index contributed by atoms with van der Waals surface area (Å²) >= 11 is 1.67. The van der Waals surface area contributed by atoms with Crippen LogP contribution in [-0.2, 0) is 17.8 Å². The van der Waals surface area contributed by atoms with E-state index in [1.807, 2.05) is 35.1 Å². The van der Waals surface area contributed by atoms with Gasteiger partial charge in [-0.05, 0) is 29.2 Å². The topological polar surface area (TPSA) is 75.9 Å². The Kier molecular flexibility index (Phi) is 6.67. The van der Waals surface area contributed by atoms with Gasteiger partial charge in [0.2, 0.25) is 5.91 Å². The first-order chi connectivity index (χ1) is 16.6. The van der Waals surface area contributed by atoms with Crippen molar-refractivity contribution < 1.29 is 4.79 Å². The summed E-state index contributed by atoms with van der Waals surface area (Å²) in [5.74, 6) is 0.994. The molecular formula is C26H30N6OS. The zero-order chi connectivity index (χ0) is 23.5. The van der Waals surface area contributed by atoms with Crippen molar-refractivity contribution in [1.29, 1.82) is 0 Å². The summed E-state index contributed by atoms with van der Waals surface area (Å²) in [6.45, 7) is 7.40. The van der Waals surface area contributed by atoms with Crippen molar-refractivity contribution in [3.63, 3.8) is 0 Å². The van der Waals surface area contributed by atoms with Gasteiger partial charge >= 0.3 is 0 Å². The minimum atomic E-state index is 0.0104. The highest BCUT2D eigenvalue weighted by Crippen LogP contribution is 2.30. The normalized spacial score (nSPS) is 13.9. The number of anilines is 1. The number of hydrogen-bond donors (Lipinski definition) is 1. The van der Waals surface area contributed by atoms with E-state index in [0.29, 0.717) is 24.8 Å². The molecule has 1 saturated heterocycles. The molecular weight excluding hydrogens is 444 g/mol. The number of rotatable bonds is 8. The fourth-order valence-electron chi connectivity index (χ4n) is 4.50. The van der Waals surface area contributed by atoms with Crippen LogP contribution in [0, 0.1) is 0 Å². The van der Waals surface area contributed by atoms with E-state index < -0.39 is 0 Å². The van der Waals surface area contributed by atoms with Crippen LogP contribution in [0.25, 0.3) is 21.8 Å². The van der Waals surface area contributed by atoms with E-state index >= 15 is 0 Å². The van der Waals surface area contributed by atoms with E-state index in [0.717, 1.165) is 51.4 Å². The standard InChI is InChI=1S/C26H30N6OS/c1-18(2)34-26-29-24(31-13-5-6-14-31)22-17-28-32(25(22)30-26)15-12-27-23(33)16-20-10-7-9-19-8-3-4-11-21(19)20/h3-4,7-11,17-18H,5-6,12-16H2,1-2H3,(H,27,33). The Morgan fingerprint density at radius 2 is 1.85 bits per heavy atom. The monoisotopic (exact) mass is 474 g/mol. The number of aromatic nitrogens is 4. The van der Waals surface area contributed by atoms with Crippen molar-refractivity contribution >= 4 is 45.3 Å². The van der Waals surface area contributed by atoms with Gasteiger partial charge in [-0.1, -0.05) is 68.1 Å². The van der Waals surface area contributed by atoms with Gasteiger partial charge in [-0.25, -0.2) is 14.6 Å². The maximum atomic E-state index is 12.7. The van der Waals surface area contributed by atoms with E-state index in [-0.39, 0.29) is 5.91 Å². The van der Waals surface area contributed by atoms with Gasteiger partial charge in [0.25, 0.3) is 0 Å². The van der Waals surface area contributed by atoms with Crippen LogP contribution in [0.2, 0.25) is 0 Å². The van der Waals surface area contributed by atoms with Gasteiger partial charge in [-0.3, -0.25) is 4.79 Å². The molecule has 3 heterocycles. The number of thioether (sulfide) groups is 1. The van der Waals surface area contributed by atoms with Crippen LogP contribution in [0.4, 0.5) is 5.82 Å². The third-order valence-corrected chi connectivity index (χ3v) is 6.94. The lowest BCUT2D eigenvalue weighted by Gasteiger charge is -2.18. The fraction of sp³-hybridized carbons (Fsp3) is 0.385. The second-order valence-electron chi connectivity index (χ2n) is 8.96. The smallest absolute Gasteiger partial charge is 0.224 e. The van der Waals surface area contributed by atoms with Crippen LogP contribution < -0.4 is 10.2 Å². The molecule has 0 saturated carbocycles. The molecule has 4 aromatic rings. The number of fused-ring (bicyclic) bond motifs is 2. The highest BCUT2D eigenvalue weighted by atomic mass is 32.2. The number of carbonyl (C=O) groups excluding carboxylic acids is 1. The Bertz CT molecular complexity index is 1310. The zero-order valence-electron chi connectivity index (χ0n) is 19.7. The molecule has 0 spiro atoms. The first-order valence-electron chi connectivity index (χ1n) is 12.0. The molecule has 5 rings (SSSR count). The Morgan fingerprint density at radius 3 is 2.68 bits per heavy atom. The lowest BCUT2D eigenvalue weighted by Crippen LogP contribution is -2.29. The second-order valence-corrected chi connectivity index (χ2v) is 10.5. The second kappa shape index (κ2) is 10.0. The lowest BCUT2D eigenvalue weighted by molar-refractivity contribution is -0.120. The number of benzene rings is 2. The average molecular weight is 475 g/mol. The van der Waals surface area contributed by atoms with E-state index in [4.69, 9.17) is 9.97 Å². The van der Waals surface area contributed by atoms with Gasteiger partial charge in [0.1, 0.15) is 5.82 Å². The molecule has 2 aromatic heterocycles. The Morgan fingerprint density at radius 1 is 1.06 bits per heavy atom. The molecule has 1 aliphatic heterocycles. The molecule has 7 nitrogen and oxygen atoms in total. The first kappa shape index (κ1) is 22.7. The number of carbonyl (C=O) groups is 1. The molecule has 0 unspecified atom stereocenters. The van der Waals surface area contributed by atoms with Gasteiger partial charge < -0.3 is 10.2 Å². The summed E-state index contributed by atoms with van der Waals surface area (Å²) in [6, 6.07) is 14.3. The third-order valence-electron chi connectivity index (χ3n) is 6.08. The van der Waals surface area contributed by atoms with Crippen LogP contribution in [-0.4, -0.2) is 50.5 Å². The largest absolute Gasteiger partial charge is 0.356 e. The van der Waals surface area contributed by atoms with Crippen LogP contribution in [0.5, 0.6) is 0 Å². The predicted octanol–water partition coefficient (Wildman–Crippen LogP) is 4.44. The summed E-state index contributed by atoms with van der Waals surface area (Å²) in [5, 5.41) is 12.1. The number of amides is 1. The molecule has 34 heavy (non-hydrogen) atoms. The zero-order valence-corrected chi connectivity index (χ0v) is 20.5. The van der Waals surface area contributed by atoms with Crippen molar-refractivity contribution in [1.82, 2.24) is 25.1 Å². The summed E-state index contributed by atoms with van der Waals surface area (Å²) in [4.78, 5) is 24.7. The molecule has 8 heteroatoms. The van der Waals surface area contributed by atoms with Gasteiger partial charge in [0.05, 0.1) is 24.5 Å². The van der Waals surface area contributed by atoms with E-state index in [9.17, 15) is 4.79 Å². The molecule has 0 radical (unpaired) electrons. The molecule has 176 valence electrons. The average Bonchev–Trinajstić information content (AvgIpc) is 3.49. The van der Waals surface area contributed by atoms with Crippen molar-refractivity contribution in [3.05, 3.63) is 54.2 Å². The molecule has 2 aromatic carbocycles. The highest BCUT2D eigenvalue weighted by molar-refractivity contribution is 7.99. The van der Waals surface area contributed by atoms with Gasteiger partial charge in [-0.15, -0.1) is 0 Å². The quantitative estimate of drug-likeness (QED) is 0.301. The first-order valence-corrected chi connectivity index (χ1v) is 12.8. The molecule has 0 aliphatic carbocycles. The third kappa shape index (κ3) is 4.87. The summed E-state index contributed by atoms with van der Waals surface area (Å²) < 4.78 is 1.89. The Balaban J connectivity index is 1.30. The van der Waals surface area contributed by atoms with Crippen LogP contribution >= 0.6 is 11.8 Å². The molecule has 0 bridgehead atoms. The van der Waals surface area contributed by atoms with Gasteiger partial charge in [0.15, 0.2) is 10.8 Å². The Labute approximate surface area is 204 Å².